The van der Waals surface area contributed by atoms with E-state index in [4.69, 9.17) is 9.47 Å². The van der Waals surface area contributed by atoms with Crippen LogP contribution in [0, 0.1) is 0 Å². The minimum absolute atomic E-state index is 0. The molecular formula is C44H70Br2O2-2. The van der Waals surface area contributed by atoms with Crippen LogP contribution in [0.15, 0.2) is 61.7 Å². The second-order valence-electron chi connectivity index (χ2n) is 13.4. The van der Waals surface area contributed by atoms with Crippen LogP contribution < -0.4 is 43.4 Å². The van der Waals surface area contributed by atoms with Gasteiger partial charge in [0.1, 0.15) is 11.5 Å². The van der Waals surface area contributed by atoms with Gasteiger partial charge in [-0.3, -0.25) is 0 Å². The summed E-state index contributed by atoms with van der Waals surface area (Å²) in [6.45, 7) is 14.1. The highest BCUT2D eigenvalue weighted by Crippen LogP contribution is 2.35. The van der Waals surface area contributed by atoms with Gasteiger partial charge in [-0.05, 0) is 66.6 Å². The minimum atomic E-state index is 0. The molecule has 0 aliphatic heterocycles. The van der Waals surface area contributed by atoms with Crippen molar-refractivity contribution in [1.29, 1.82) is 0 Å². The molecule has 2 aromatic rings. The Morgan fingerprint density at radius 2 is 0.896 bits per heavy atom. The third kappa shape index (κ3) is 21.5. The van der Waals surface area contributed by atoms with Crippen LogP contribution in [0.3, 0.4) is 0 Å². The molecule has 2 rings (SSSR count). The minimum Gasteiger partial charge on any atom is -1.00 e. The van der Waals surface area contributed by atoms with Crippen molar-refractivity contribution < 1.29 is 43.4 Å². The zero-order chi connectivity index (χ0) is 32.9. The van der Waals surface area contributed by atoms with Gasteiger partial charge in [-0.2, -0.15) is 0 Å². The second kappa shape index (κ2) is 32.7. The lowest BCUT2D eigenvalue weighted by atomic mass is 9.97. The summed E-state index contributed by atoms with van der Waals surface area (Å²) in [5.41, 5.74) is 4.79. The second-order valence-corrected chi connectivity index (χ2v) is 13.4. The lowest BCUT2D eigenvalue weighted by Gasteiger charge is -2.16. The standard InChI is InChI=1S/C44H70O2.2BrH/c1-5-9-11-13-15-17-19-21-23-25-27-35-45-43-34-32-40(38-41(43)30-8-4)42-37-39(29-7-3)31-33-44(42)46-36-28-26-24-22-20-18-16-14-12-10-6-2;;/h7-8,31-34,37-38H,3-6,9-30,35-36H2,1-2H3;2*1H/p-2. The van der Waals surface area contributed by atoms with Gasteiger partial charge in [0.05, 0.1) is 13.2 Å². The normalized spacial score (nSPS) is 10.6. The van der Waals surface area contributed by atoms with Gasteiger partial charge in [-0.1, -0.05) is 167 Å². The van der Waals surface area contributed by atoms with Crippen molar-refractivity contribution in [2.45, 2.75) is 168 Å². The molecule has 0 unspecified atom stereocenters. The third-order valence-corrected chi connectivity index (χ3v) is 9.17. The smallest absolute Gasteiger partial charge is 0.127 e. The topological polar surface area (TPSA) is 18.5 Å². The van der Waals surface area contributed by atoms with E-state index in [0.717, 1.165) is 56.0 Å². The van der Waals surface area contributed by atoms with E-state index in [1.165, 1.54) is 145 Å². The molecule has 0 aromatic heterocycles. The van der Waals surface area contributed by atoms with Gasteiger partial charge in [-0.25, -0.2) is 0 Å². The number of ether oxygens (including phenoxy) is 2. The van der Waals surface area contributed by atoms with Crippen LogP contribution in [0.4, 0.5) is 0 Å². The molecule has 0 atom stereocenters. The molecule has 0 aliphatic rings. The highest BCUT2D eigenvalue weighted by molar-refractivity contribution is 5.73. The fourth-order valence-corrected chi connectivity index (χ4v) is 6.32. The van der Waals surface area contributed by atoms with Crippen molar-refractivity contribution in [2.24, 2.45) is 0 Å². The predicted molar refractivity (Wildman–Crippen MR) is 204 cm³/mol. The van der Waals surface area contributed by atoms with Gasteiger partial charge in [-0.15, -0.1) is 13.2 Å². The van der Waals surface area contributed by atoms with Crippen LogP contribution in [0.2, 0.25) is 0 Å². The molecular weight excluding hydrogens is 720 g/mol. The van der Waals surface area contributed by atoms with Crippen LogP contribution in [-0.2, 0) is 12.8 Å². The Morgan fingerprint density at radius 3 is 1.35 bits per heavy atom. The first-order valence-electron chi connectivity index (χ1n) is 19.5. The maximum atomic E-state index is 6.41. The number of unbranched alkanes of at least 4 members (excludes halogenated alkanes) is 20. The van der Waals surface area contributed by atoms with Crippen LogP contribution in [0.1, 0.15) is 166 Å². The maximum absolute atomic E-state index is 6.41. The van der Waals surface area contributed by atoms with Crippen molar-refractivity contribution in [1.82, 2.24) is 0 Å². The molecule has 0 aliphatic carbocycles. The van der Waals surface area contributed by atoms with Crippen LogP contribution in [-0.4, -0.2) is 13.2 Å². The van der Waals surface area contributed by atoms with E-state index in [1.54, 1.807) is 0 Å². The molecule has 48 heavy (non-hydrogen) atoms. The van der Waals surface area contributed by atoms with Crippen LogP contribution in [0.25, 0.3) is 11.1 Å². The van der Waals surface area contributed by atoms with E-state index in [-0.39, 0.29) is 34.0 Å². The third-order valence-electron chi connectivity index (χ3n) is 9.17. The first-order valence-corrected chi connectivity index (χ1v) is 19.5. The molecule has 0 spiro atoms. The largest absolute Gasteiger partial charge is 1.00 e. The Balaban J connectivity index is 0.0000110. The van der Waals surface area contributed by atoms with Crippen LogP contribution in [0.5, 0.6) is 11.5 Å². The van der Waals surface area contributed by atoms with E-state index in [0.29, 0.717) is 0 Å². The fraction of sp³-hybridized carbons (Fsp3) is 0.636. The Kier molecular flexibility index (Phi) is 31.6. The summed E-state index contributed by atoms with van der Waals surface area (Å²) in [5.74, 6) is 1.96. The van der Waals surface area contributed by atoms with Crippen LogP contribution >= 0.6 is 0 Å². The van der Waals surface area contributed by atoms with E-state index in [2.05, 4.69) is 63.4 Å². The number of rotatable bonds is 31. The number of halogens is 2. The van der Waals surface area contributed by atoms with Gasteiger partial charge in [0.25, 0.3) is 0 Å². The van der Waals surface area contributed by atoms with E-state index < -0.39 is 0 Å². The lowest BCUT2D eigenvalue weighted by molar-refractivity contribution is -0.00100. The molecule has 2 nitrogen and oxygen atoms in total. The predicted octanol–water partition coefficient (Wildman–Crippen LogP) is 8.20. The molecule has 0 bridgehead atoms. The van der Waals surface area contributed by atoms with Crippen molar-refractivity contribution in [3.63, 3.8) is 0 Å². The van der Waals surface area contributed by atoms with E-state index in [9.17, 15) is 0 Å². The zero-order valence-electron chi connectivity index (χ0n) is 31.0. The van der Waals surface area contributed by atoms with E-state index >= 15 is 0 Å². The molecule has 0 amide bonds. The summed E-state index contributed by atoms with van der Waals surface area (Å²) in [5, 5.41) is 0. The van der Waals surface area contributed by atoms with Gasteiger partial charge in [0.2, 0.25) is 0 Å². The quantitative estimate of drug-likeness (QED) is 0.0567. The SMILES string of the molecule is C=CCc1ccc(OCCCCCCCCCCCCC)c(-c2ccc(OCCCCCCCCCCCCC)c(CC=C)c2)c1.[Br-].[Br-]. The fourth-order valence-electron chi connectivity index (χ4n) is 6.32. The summed E-state index contributed by atoms with van der Waals surface area (Å²) in [6, 6.07) is 13.2. The summed E-state index contributed by atoms with van der Waals surface area (Å²) >= 11 is 0. The first-order chi connectivity index (χ1) is 22.7. The van der Waals surface area contributed by atoms with Crippen molar-refractivity contribution in [3.8, 4) is 22.6 Å². The number of benzene rings is 2. The molecule has 2 aromatic carbocycles. The number of allylic oxidation sites excluding steroid dienone is 2. The Bertz CT molecular complexity index is 1050. The van der Waals surface area contributed by atoms with Gasteiger partial charge >= 0.3 is 0 Å². The molecule has 0 saturated heterocycles. The molecule has 274 valence electrons. The van der Waals surface area contributed by atoms with Crippen molar-refractivity contribution >= 4 is 0 Å². The Labute approximate surface area is 318 Å². The lowest BCUT2D eigenvalue weighted by Crippen LogP contribution is -3.00. The Morgan fingerprint density at radius 1 is 0.479 bits per heavy atom. The molecule has 0 saturated carbocycles. The zero-order valence-corrected chi connectivity index (χ0v) is 34.2. The van der Waals surface area contributed by atoms with Crippen molar-refractivity contribution in [2.75, 3.05) is 13.2 Å². The number of hydrogen-bond donors (Lipinski definition) is 0. The molecule has 0 fully saturated rings. The Hall–Kier alpha value is -1.52. The molecule has 4 heteroatoms. The maximum Gasteiger partial charge on any atom is 0.127 e. The first kappa shape index (κ1) is 46.5. The summed E-state index contributed by atoms with van der Waals surface area (Å²) < 4.78 is 12.7. The molecule has 0 N–H and O–H groups in total. The average Bonchev–Trinajstić information content (AvgIpc) is 3.07. The molecule has 0 radical (unpaired) electrons. The summed E-state index contributed by atoms with van der Waals surface area (Å²) in [4.78, 5) is 0. The highest BCUT2D eigenvalue weighted by Gasteiger charge is 2.12. The number of hydrogen-bond acceptors (Lipinski definition) is 2. The summed E-state index contributed by atoms with van der Waals surface area (Å²) in [6.07, 6.45) is 35.2. The summed E-state index contributed by atoms with van der Waals surface area (Å²) in [7, 11) is 0. The van der Waals surface area contributed by atoms with Crippen molar-refractivity contribution in [3.05, 3.63) is 72.8 Å². The average molecular weight is 791 g/mol. The van der Waals surface area contributed by atoms with Gasteiger partial charge in [0.15, 0.2) is 0 Å². The molecule has 0 heterocycles. The van der Waals surface area contributed by atoms with E-state index in [1.807, 2.05) is 12.2 Å². The van der Waals surface area contributed by atoms with Gasteiger partial charge in [0, 0.05) is 5.56 Å². The van der Waals surface area contributed by atoms with Gasteiger partial charge < -0.3 is 43.4 Å². The highest BCUT2D eigenvalue weighted by atomic mass is 79.9. The monoisotopic (exact) mass is 788 g/mol.